The first-order valence-corrected chi connectivity index (χ1v) is 7.23. The summed E-state index contributed by atoms with van der Waals surface area (Å²) in [7, 11) is 0. The normalized spacial score (nSPS) is 10.7. The van der Waals surface area contributed by atoms with E-state index >= 15 is 0 Å². The molecule has 0 saturated heterocycles. The second-order valence-corrected chi connectivity index (χ2v) is 5.83. The number of aromatic nitrogens is 1. The van der Waals surface area contributed by atoms with Gasteiger partial charge in [0.2, 0.25) is 5.91 Å². The molecule has 0 unspecified atom stereocenters. The molecule has 2 aromatic rings. The maximum Gasteiger partial charge on any atom is 0.231 e. The summed E-state index contributed by atoms with van der Waals surface area (Å²) in [4.78, 5) is 16.2. The summed E-state index contributed by atoms with van der Waals surface area (Å²) >= 11 is 1.52. The minimum absolute atomic E-state index is 0.0216. The van der Waals surface area contributed by atoms with Crippen LogP contribution < -0.4 is 5.32 Å². The van der Waals surface area contributed by atoms with E-state index in [4.69, 9.17) is 0 Å². The van der Waals surface area contributed by atoms with Gasteiger partial charge in [0.1, 0.15) is 5.01 Å². The van der Waals surface area contributed by atoms with Crippen LogP contribution in [0, 0.1) is 6.92 Å². The molecular weight excluding hydrogens is 256 g/mol. The van der Waals surface area contributed by atoms with Crippen LogP contribution in [0.15, 0.2) is 29.6 Å². The van der Waals surface area contributed by atoms with Gasteiger partial charge in [0, 0.05) is 16.8 Å². The minimum atomic E-state index is -0.0216. The number of thiazole rings is 1. The lowest BCUT2D eigenvalue weighted by Crippen LogP contribution is -2.14. The van der Waals surface area contributed by atoms with Crippen molar-refractivity contribution < 1.29 is 4.79 Å². The fraction of sp³-hybridized carbons (Fsp3) is 0.333. The highest BCUT2D eigenvalue weighted by Gasteiger charge is 2.07. The van der Waals surface area contributed by atoms with Crippen molar-refractivity contribution in [3.05, 3.63) is 45.9 Å². The molecule has 0 aliphatic heterocycles. The molecule has 0 atom stereocenters. The number of aryl methyl sites for hydroxylation is 1. The molecule has 4 heteroatoms. The Balaban J connectivity index is 1.95. The van der Waals surface area contributed by atoms with Gasteiger partial charge in [-0.05, 0) is 30.5 Å². The first kappa shape index (κ1) is 13.7. The van der Waals surface area contributed by atoms with Crippen LogP contribution in [0.5, 0.6) is 0 Å². The summed E-state index contributed by atoms with van der Waals surface area (Å²) in [5, 5.41) is 5.71. The van der Waals surface area contributed by atoms with E-state index in [0.717, 1.165) is 16.4 Å². The van der Waals surface area contributed by atoms with Gasteiger partial charge in [-0.15, -0.1) is 11.3 Å². The Bertz CT molecular complexity index is 558. The van der Waals surface area contributed by atoms with Crippen molar-refractivity contribution in [2.45, 2.75) is 33.1 Å². The van der Waals surface area contributed by atoms with Crippen molar-refractivity contribution in [3.63, 3.8) is 0 Å². The van der Waals surface area contributed by atoms with E-state index in [0.29, 0.717) is 12.3 Å². The monoisotopic (exact) mass is 274 g/mol. The number of benzene rings is 1. The Morgan fingerprint density at radius 3 is 2.53 bits per heavy atom. The fourth-order valence-electron chi connectivity index (χ4n) is 1.78. The average molecular weight is 274 g/mol. The molecule has 0 saturated carbocycles. The molecule has 19 heavy (non-hydrogen) atoms. The maximum absolute atomic E-state index is 11.9. The predicted molar refractivity (Wildman–Crippen MR) is 79.7 cm³/mol. The van der Waals surface area contributed by atoms with Crippen molar-refractivity contribution in [1.29, 1.82) is 0 Å². The largest absolute Gasteiger partial charge is 0.326 e. The number of hydrogen-bond acceptors (Lipinski definition) is 3. The molecule has 3 nitrogen and oxygen atoms in total. The summed E-state index contributed by atoms with van der Waals surface area (Å²) in [6.45, 7) is 6.24. The van der Waals surface area contributed by atoms with Crippen LogP contribution >= 0.6 is 11.3 Å². The molecule has 1 aromatic heterocycles. The second kappa shape index (κ2) is 5.97. The smallest absolute Gasteiger partial charge is 0.231 e. The number of rotatable bonds is 4. The van der Waals surface area contributed by atoms with E-state index < -0.39 is 0 Å². The highest BCUT2D eigenvalue weighted by atomic mass is 32.1. The first-order valence-electron chi connectivity index (χ1n) is 6.35. The predicted octanol–water partition coefficient (Wildman–Crippen LogP) is 3.76. The lowest BCUT2D eigenvalue weighted by molar-refractivity contribution is -0.115. The topological polar surface area (TPSA) is 42.0 Å². The van der Waals surface area contributed by atoms with Crippen LogP contribution in [-0.2, 0) is 11.2 Å². The highest BCUT2D eigenvalue weighted by Crippen LogP contribution is 2.17. The molecule has 1 aromatic carbocycles. The van der Waals surface area contributed by atoms with Gasteiger partial charge in [0.25, 0.3) is 0 Å². The molecule has 0 fully saturated rings. The molecule has 1 heterocycles. The van der Waals surface area contributed by atoms with Crippen molar-refractivity contribution in [2.24, 2.45) is 0 Å². The zero-order chi connectivity index (χ0) is 13.8. The maximum atomic E-state index is 11.9. The third-order valence-electron chi connectivity index (χ3n) is 2.84. The molecule has 2 rings (SSSR count). The summed E-state index contributed by atoms with van der Waals surface area (Å²) in [5.74, 6) is 0.481. The summed E-state index contributed by atoms with van der Waals surface area (Å²) < 4.78 is 0. The van der Waals surface area contributed by atoms with Crippen LogP contribution in [0.4, 0.5) is 5.69 Å². The van der Waals surface area contributed by atoms with E-state index in [-0.39, 0.29) is 5.91 Å². The van der Waals surface area contributed by atoms with Gasteiger partial charge in [-0.3, -0.25) is 4.79 Å². The summed E-state index contributed by atoms with van der Waals surface area (Å²) in [5.41, 5.74) is 3.07. The Hall–Kier alpha value is -1.68. The van der Waals surface area contributed by atoms with Crippen LogP contribution in [0.25, 0.3) is 0 Å². The zero-order valence-corrected chi connectivity index (χ0v) is 12.3. The van der Waals surface area contributed by atoms with Crippen LogP contribution in [0.2, 0.25) is 0 Å². The number of nitrogens with zero attached hydrogens (tertiary/aromatic N) is 1. The van der Waals surface area contributed by atoms with Gasteiger partial charge in [-0.25, -0.2) is 4.98 Å². The van der Waals surface area contributed by atoms with E-state index in [1.807, 2.05) is 36.6 Å². The number of anilines is 1. The van der Waals surface area contributed by atoms with Crippen molar-refractivity contribution in [1.82, 2.24) is 4.98 Å². The van der Waals surface area contributed by atoms with E-state index in [9.17, 15) is 4.79 Å². The number of hydrogen-bond donors (Lipinski definition) is 1. The number of nitrogens with one attached hydrogen (secondary N) is 1. The third-order valence-corrected chi connectivity index (χ3v) is 3.81. The van der Waals surface area contributed by atoms with Gasteiger partial charge < -0.3 is 5.32 Å². The third kappa shape index (κ3) is 3.89. The second-order valence-electron chi connectivity index (χ2n) is 4.88. The fourth-order valence-corrected chi connectivity index (χ4v) is 2.55. The zero-order valence-electron chi connectivity index (χ0n) is 11.4. The minimum Gasteiger partial charge on any atom is -0.326 e. The molecule has 0 aliphatic rings. The lowest BCUT2D eigenvalue weighted by Gasteiger charge is -2.07. The molecule has 1 N–H and O–H groups in total. The summed E-state index contributed by atoms with van der Waals surface area (Å²) in [6.07, 6.45) is 0.338. The SMILES string of the molecule is Cc1csc(CC(=O)Nc2ccc(C(C)C)cc2)n1. The van der Waals surface area contributed by atoms with Crippen molar-refractivity contribution in [2.75, 3.05) is 5.32 Å². The van der Waals surface area contributed by atoms with Crippen LogP contribution in [-0.4, -0.2) is 10.9 Å². The van der Waals surface area contributed by atoms with Gasteiger partial charge in [0.05, 0.1) is 6.42 Å². The molecule has 1 amide bonds. The van der Waals surface area contributed by atoms with E-state index in [1.54, 1.807) is 0 Å². The molecule has 100 valence electrons. The first-order chi connectivity index (χ1) is 9.04. The van der Waals surface area contributed by atoms with Gasteiger partial charge >= 0.3 is 0 Å². The number of carbonyl (C=O) groups is 1. The summed E-state index contributed by atoms with van der Waals surface area (Å²) in [6, 6.07) is 7.99. The standard InChI is InChI=1S/C15H18N2OS/c1-10(2)12-4-6-13(7-5-12)17-14(18)8-15-16-11(3)9-19-15/h4-7,9-10H,8H2,1-3H3,(H,17,18). The van der Waals surface area contributed by atoms with Crippen LogP contribution in [0.1, 0.15) is 36.0 Å². The molecule has 0 aliphatic carbocycles. The van der Waals surface area contributed by atoms with Gasteiger partial charge in [-0.2, -0.15) is 0 Å². The Labute approximate surface area is 117 Å². The number of carbonyl (C=O) groups excluding carboxylic acids is 1. The highest BCUT2D eigenvalue weighted by molar-refractivity contribution is 7.09. The van der Waals surface area contributed by atoms with Crippen LogP contribution in [0.3, 0.4) is 0 Å². The van der Waals surface area contributed by atoms with Gasteiger partial charge in [0.15, 0.2) is 0 Å². The Kier molecular flexibility index (Phi) is 4.32. The van der Waals surface area contributed by atoms with E-state index in [1.165, 1.54) is 16.9 Å². The van der Waals surface area contributed by atoms with Crippen molar-refractivity contribution >= 4 is 22.9 Å². The Morgan fingerprint density at radius 2 is 2.00 bits per heavy atom. The van der Waals surface area contributed by atoms with Crippen molar-refractivity contribution in [3.8, 4) is 0 Å². The van der Waals surface area contributed by atoms with Gasteiger partial charge in [-0.1, -0.05) is 26.0 Å². The van der Waals surface area contributed by atoms with E-state index in [2.05, 4.69) is 24.1 Å². The molecule has 0 radical (unpaired) electrons. The molecule has 0 spiro atoms. The molecule has 0 bridgehead atoms. The molecular formula is C15H18N2OS. The number of amides is 1. The quantitative estimate of drug-likeness (QED) is 0.922. The lowest BCUT2D eigenvalue weighted by atomic mass is 10.0. The Morgan fingerprint density at radius 1 is 1.32 bits per heavy atom. The average Bonchev–Trinajstić information content (AvgIpc) is 2.75.